The highest BCUT2D eigenvalue weighted by Gasteiger charge is 2.20. The van der Waals surface area contributed by atoms with Crippen molar-refractivity contribution in [3.63, 3.8) is 0 Å². The molecule has 0 saturated heterocycles. The molecule has 8 nitrogen and oxygen atoms in total. The Kier molecular flexibility index (Phi) is 11.7. The largest absolute Gasteiger partial charge is 0.497 e. The molecule has 0 amide bonds. The summed E-state index contributed by atoms with van der Waals surface area (Å²) in [7, 11) is -0.00816. The zero-order valence-corrected chi connectivity index (χ0v) is 20.5. The number of halogens is 1. The summed E-state index contributed by atoms with van der Waals surface area (Å²) in [5, 5.41) is 6.16. The fraction of sp³-hybridized carbons (Fsp3) is 0.632. The Hall–Kier alpha value is -1.27. The molecule has 0 radical (unpaired) electrons. The second-order valence-corrected chi connectivity index (χ2v) is 8.88. The highest BCUT2D eigenvalue weighted by atomic mass is 127. The molecule has 1 aromatic rings. The molecule has 1 fully saturated rings. The molecule has 166 valence electrons. The predicted molar refractivity (Wildman–Crippen MR) is 127 cm³/mol. The number of methoxy groups -OCH3 is 1. The van der Waals surface area contributed by atoms with Gasteiger partial charge < -0.3 is 20.1 Å². The number of benzene rings is 1. The van der Waals surface area contributed by atoms with Crippen LogP contribution in [-0.2, 0) is 10.0 Å². The van der Waals surface area contributed by atoms with E-state index in [0.717, 1.165) is 24.3 Å². The van der Waals surface area contributed by atoms with Crippen molar-refractivity contribution in [2.75, 3.05) is 39.5 Å². The van der Waals surface area contributed by atoms with Gasteiger partial charge in [-0.05, 0) is 37.8 Å². The van der Waals surface area contributed by atoms with Crippen LogP contribution in [0.3, 0.4) is 0 Å². The average Bonchev–Trinajstić information content (AvgIpc) is 2.63. The Bertz CT molecular complexity index is 741. The fourth-order valence-electron chi connectivity index (χ4n) is 2.73. The molecule has 3 N–H and O–H groups in total. The highest BCUT2D eigenvalue weighted by Crippen LogP contribution is 2.25. The Morgan fingerprint density at radius 1 is 1.28 bits per heavy atom. The van der Waals surface area contributed by atoms with Crippen LogP contribution >= 0.6 is 24.0 Å². The van der Waals surface area contributed by atoms with E-state index in [2.05, 4.69) is 20.3 Å². The van der Waals surface area contributed by atoms with Crippen LogP contribution in [0.2, 0.25) is 0 Å². The molecule has 0 bridgehead atoms. The normalized spacial score (nSPS) is 15.6. The molecule has 1 saturated carbocycles. The highest BCUT2D eigenvalue weighted by molar-refractivity contribution is 14.0. The summed E-state index contributed by atoms with van der Waals surface area (Å²) in [6.07, 6.45) is 3.33. The van der Waals surface area contributed by atoms with Gasteiger partial charge in [0.25, 0.3) is 0 Å². The molecule has 0 aromatic heterocycles. The minimum Gasteiger partial charge on any atom is -0.497 e. The first kappa shape index (κ1) is 25.8. The van der Waals surface area contributed by atoms with E-state index >= 15 is 0 Å². The molecule has 2 rings (SSSR count). The van der Waals surface area contributed by atoms with Crippen LogP contribution in [0.1, 0.15) is 26.2 Å². The molecule has 1 aromatic carbocycles. The van der Waals surface area contributed by atoms with E-state index in [1.807, 2.05) is 31.2 Å². The van der Waals surface area contributed by atoms with E-state index < -0.39 is 10.0 Å². The number of hydrogen-bond acceptors (Lipinski definition) is 5. The van der Waals surface area contributed by atoms with E-state index in [1.165, 1.54) is 6.42 Å². The van der Waals surface area contributed by atoms with Gasteiger partial charge in [-0.15, -0.1) is 24.0 Å². The monoisotopic (exact) mass is 540 g/mol. The molecule has 10 heteroatoms. The van der Waals surface area contributed by atoms with Gasteiger partial charge in [-0.1, -0.05) is 12.5 Å². The molecule has 0 heterocycles. The zero-order valence-electron chi connectivity index (χ0n) is 17.3. The van der Waals surface area contributed by atoms with Crippen LogP contribution in [0.25, 0.3) is 0 Å². The third-order valence-corrected chi connectivity index (χ3v) is 5.99. The van der Waals surface area contributed by atoms with E-state index in [1.54, 1.807) is 14.2 Å². The third-order valence-electron chi connectivity index (χ3n) is 4.64. The Morgan fingerprint density at radius 2 is 2.00 bits per heavy atom. The number of rotatable bonds is 11. The van der Waals surface area contributed by atoms with Gasteiger partial charge in [-0.3, -0.25) is 4.99 Å². The minimum absolute atomic E-state index is 0. The summed E-state index contributed by atoms with van der Waals surface area (Å²) in [5.74, 6) is 2.51. The number of nitrogens with zero attached hydrogens (tertiary/aromatic N) is 1. The summed E-state index contributed by atoms with van der Waals surface area (Å²) in [4.78, 5) is 4.11. The SMILES string of the molecule is CN=C(NCCS(=O)(=O)NCC1CCC1)NCC(C)Oc1cccc(OC)c1.I. The number of sulfonamides is 1. The second-order valence-electron chi connectivity index (χ2n) is 6.95. The Balaban J connectivity index is 0.00000420. The van der Waals surface area contributed by atoms with Gasteiger partial charge in [0.2, 0.25) is 10.0 Å². The minimum atomic E-state index is -3.27. The fourth-order valence-corrected chi connectivity index (χ4v) is 3.73. The smallest absolute Gasteiger partial charge is 0.213 e. The Labute approximate surface area is 191 Å². The Morgan fingerprint density at radius 3 is 2.62 bits per heavy atom. The third kappa shape index (κ3) is 9.85. The first-order valence-electron chi connectivity index (χ1n) is 9.64. The number of guanidine groups is 1. The standard InChI is InChI=1S/C19H32N4O4S.HI/c1-15(27-18-9-5-8-17(12-18)26-3)13-22-19(20-2)21-10-11-28(24,25)23-14-16-6-4-7-16;/h5,8-9,12,15-16,23H,4,6-7,10-11,13-14H2,1-3H3,(H2,20,21,22);1H. The van der Waals surface area contributed by atoms with E-state index in [4.69, 9.17) is 9.47 Å². The molecule has 0 aliphatic heterocycles. The van der Waals surface area contributed by atoms with Gasteiger partial charge in [-0.2, -0.15) is 0 Å². The van der Waals surface area contributed by atoms with Crippen molar-refractivity contribution in [2.24, 2.45) is 10.9 Å². The zero-order chi connectivity index (χ0) is 20.4. The maximum absolute atomic E-state index is 12.0. The van der Waals surface area contributed by atoms with Crippen LogP contribution < -0.4 is 24.8 Å². The van der Waals surface area contributed by atoms with Crippen LogP contribution in [0, 0.1) is 5.92 Å². The van der Waals surface area contributed by atoms with Crippen LogP contribution in [0.5, 0.6) is 11.5 Å². The van der Waals surface area contributed by atoms with Crippen molar-refractivity contribution in [3.8, 4) is 11.5 Å². The van der Waals surface area contributed by atoms with Crippen molar-refractivity contribution >= 4 is 40.0 Å². The summed E-state index contributed by atoms with van der Waals surface area (Å²) < 4.78 is 37.8. The van der Waals surface area contributed by atoms with Gasteiger partial charge in [-0.25, -0.2) is 13.1 Å². The topological polar surface area (TPSA) is 101 Å². The number of nitrogens with one attached hydrogen (secondary N) is 3. The first-order chi connectivity index (χ1) is 13.4. The molecular weight excluding hydrogens is 507 g/mol. The van der Waals surface area contributed by atoms with Crippen LogP contribution in [-0.4, -0.2) is 60.0 Å². The maximum Gasteiger partial charge on any atom is 0.213 e. The molecule has 1 unspecified atom stereocenters. The second kappa shape index (κ2) is 13.1. The summed E-state index contributed by atoms with van der Waals surface area (Å²) in [6.45, 7) is 3.29. The molecule has 29 heavy (non-hydrogen) atoms. The predicted octanol–water partition coefficient (Wildman–Crippen LogP) is 1.96. The number of hydrogen-bond donors (Lipinski definition) is 3. The summed E-state index contributed by atoms with van der Waals surface area (Å²) in [6, 6.07) is 7.42. The van der Waals surface area contributed by atoms with Crippen LogP contribution in [0.4, 0.5) is 0 Å². The van der Waals surface area contributed by atoms with Gasteiger partial charge >= 0.3 is 0 Å². The summed E-state index contributed by atoms with van der Waals surface area (Å²) in [5.41, 5.74) is 0. The maximum atomic E-state index is 12.0. The quantitative estimate of drug-likeness (QED) is 0.226. The first-order valence-corrected chi connectivity index (χ1v) is 11.3. The summed E-state index contributed by atoms with van der Waals surface area (Å²) >= 11 is 0. The number of aliphatic imine (C=N–C) groups is 1. The number of ether oxygens (including phenoxy) is 2. The lowest BCUT2D eigenvalue weighted by Gasteiger charge is -2.25. The van der Waals surface area contributed by atoms with Gasteiger partial charge in [0.05, 0.1) is 19.4 Å². The molecule has 0 spiro atoms. The van der Waals surface area contributed by atoms with E-state index in [-0.39, 0.29) is 42.4 Å². The lowest BCUT2D eigenvalue weighted by Crippen LogP contribution is -2.44. The van der Waals surface area contributed by atoms with E-state index in [9.17, 15) is 8.42 Å². The van der Waals surface area contributed by atoms with Gasteiger partial charge in [0.15, 0.2) is 5.96 Å². The lowest BCUT2D eigenvalue weighted by atomic mass is 9.86. The molecule has 1 aliphatic carbocycles. The van der Waals surface area contributed by atoms with Crippen molar-refractivity contribution in [1.82, 2.24) is 15.4 Å². The van der Waals surface area contributed by atoms with Crippen molar-refractivity contribution < 1.29 is 17.9 Å². The van der Waals surface area contributed by atoms with Crippen molar-refractivity contribution in [2.45, 2.75) is 32.3 Å². The van der Waals surface area contributed by atoms with Crippen LogP contribution in [0.15, 0.2) is 29.3 Å². The van der Waals surface area contributed by atoms with Crippen molar-refractivity contribution in [3.05, 3.63) is 24.3 Å². The molecular formula is C19H33IN4O4S. The van der Waals surface area contributed by atoms with Gasteiger partial charge in [0, 0.05) is 26.2 Å². The molecule has 1 aliphatic rings. The lowest BCUT2D eigenvalue weighted by molar-refractivity contribution is 0.223. The molecule has 1 atom stereocenters. The van der Waals surface area contributed by atoms with Gasteiger partial charge in [0.1, 0.15) is 17.6 Å². The van der Waals surface area contributed by atoms with Crippen molar-refractivity contribution in [1.29, 1.82) is 0 Å². The average molecular weight is 540 g/mol. The van der Waals surface area contributed by atoms with E-state index in [0.29, 0.717) is 25.0 Å².